The monoisotopic (exact) mass is 326 g/mol. The van der Waals surface area contributed by atoms with Gasteiger partial charge in [-0.2, -0.15) is 0 Å². The lowest BCUT2D eigenvalue weighted by Gasteiger charge is -2.09. The third-order valence-corrected chi connectivity index (χ3v) is 3.36. The van der Waals surface area contributed by atoms with Crippen molar-refractivity contribution < 1.29 is 14.6 Å². The fraction of sp³-hybridized carbons (Fsp3) is 0.143. The zero-order valence-electron chi connectivity index (χ0n) is 11.1. The first-order valence-corrected chi connectivity index (χ1v) is 6.67. The van der Waals surface area contributed by atoms with E-state index in [9.17, 15) is 9.90 Å². The summed E-state index contributed by atoms with van der Waals surface area (Å²) in [7, 11) is 1.25. The van der Waals surface area contributed by atoms with Gasteiger partial charge >= 0.3 is 5.97 Å². The minimum Gasteiger partial charge on any atom is -0.506 e. The van der Waals surface area contributed by atoms with Crippen LogP contribution in [-0.2, 0) is 11.2 Å². The number of benzene rings is 1. The molecule has 0 radical (unpaired) electrons. The molecule has 110 valence electrons. The summed E-state index contributed by atoms with van der Waals surface area (Å²) in [5.74, 6) is -0.649. The zero-order chi connectivity index (χ0) is 15.6. The van der Waals surface area contributed by atoms with Crippen LogP contribution in [0.4, 0.5) is 5.69 Å². The number of aromatic nitrogens is 1. The van der Waals surface area contributed by atoms with E-state index in [-0.39, 0.29) is 22.2 Å². The average molecular weight is 327 g/mol. The maximum Gasteiger partial charge on any atom is 0.358 e. The van der Waals surface area contributed by atoms with Gasteiger partial charge in [0.15, 0.2) is 5.69 Å². The number of esters is 1. The van der Waals surface area contributed by atoms with Gasteiger partial charge in [0.05, 0.1) is 17.8 Å². The molecule has 21 heavy (non-hydrogen) atoms. The Kier molecular flexibility index (Phi) is 4.55. The molecule has 0 aliphatic heterocycles. The number of hydrogen-bond donors (Lipinski definition) is 2. The minimum absolute atomic E-state index is 0.0447. The number of phenols is 1. The molecule has 0 unspecified atom stereocenters. The number of pyridine rings is 1. The van der Waals surface area contributed by atoms with Gasteiger partial charge in [-0.3, -0.25) is 0 Å². The lowest BCUT2D eigenvalue weighted by molar-refractivity contribution is 0.0595. The number of hydrogen-bond acceptors (Lipinski definition) is 5. The third kappa shape index (κ3) is 3.37. The molecule has 1 aromatic carbocycles. The number of ether oxygens (including phenoxy) is 1. The first-order chi connectivity index (χ1) is 9.92. The third-order valence-electron chi connectivity index (χ3n) is 2.85. The van der Waals surface area contributed by atoms with E-state index >= 15 is 0 Å². The number of nitrogen functional groups attached to an aromatic ring is 1. The highest BCUT2D eigenvalue weighted by Gasteiger charge is 2.14. The van der Waals surface area contributed by atoms with Crippen LogP contribution in [0.3, 0.4) is 0 Å². The number of anilines is 1. The maximum absolute atomic E-state index is 11.4. The topological polar surface area (TPSA) is 85.4 Å². The number of phenolic OH excluding ortho intramolecular Hbond substituents is 1. The first kappa shape index (κ1) is 15.4. The van der Waals surface area contributed by atoms with E-state index < -0.39 is 5.97 Å². The fourth-order valence-corrected chi connectivity index (χ4v) is 2.40. The lowest BCUT2D eigenvalue weighted by atomic mass is 10.0. The molecule has 0 saturated heterocycles. The van der Waals surface area contributed by atoms with Crippen molar-refractivity contribution in [1.82, 2.24) is 4.98 Å². The van der Waals surface area contributed by atoms with Gasteiger partial charge in [-0.05, 0) is 23.8 Å². The summed E-state index contributed by atoms with van der Waals surface area (Å²) >= 11 is 11.8. The highest BCUT2D eigenvalue weighted by atomic mass is 35.5. The molecule has 7 heteroatoms. The van der Waals surface area contributed by atoms with E-state index in [2.05, 4.69) is 9.72 Å². The zero-order valence-corrected chi connectivity index (χ0v) is 12.6. The molecule has 0 bridgehead atoms. The number of methoxy groups -OCH3 is 1. The smallest absolute Gasteiger partial charge is 0.358 e. The summed E-state index contributed by atoms with van der Waals surface area (Å²) in [6.45, 7) is 0. The van der Waals surface area contributed by atoms with Crippen LogP contribution in [0.5, 0.6) is 5.75 Å². The number of nitrogens with two attached hydrogens (primary N) is 1. The predicted octanol–water partition coefficient (Wildman–Crippen LogP) is 3.05. The van der Waals surface area contributed by atoms with Crippen LogP contribution in [0.1, 0.15) is 21.6 Å². The van der Waals surface area contributed by atoms with E-state index in [1.54, 1.807) is 12.1 Å². The Hall–Kier alpha value is -1.98. The van der Waals surface area contributed by atoms with Gasteiger partial charge in [-0.15, -0.1) is 0 Å². The van der Waals surface area contributed by atoms with E-state index in [0.717, 1.165) is 0 Å². The largest absolute Gasteiger partial charge is 0.506 e. The van der Waals surface area contributed by atoms with Crippen LogP contribution in [0, 0.1) is 0 Å². The van der Waals surface area contributed by atoms with Crippen molar-refractivity contribution >= 4 is 34.9 Å². The van der Waals surface area contributed by atoms with Gasteiger partial charge < -0.3 is 15.6 Å². The Morgan fingerprint density at radius 1 is 1.38 bits per heavy atom. The Bertz CT molecular complexity index is 705. The van der Waals surface area contributed by atoms with Crippen molar-refractivity contribution in [2.24, 2.45) is 0 Å². The second kappa shape index (κ2) is 6.20. The van der Waals surface area contributed by atoms with Crippen molar-refractivity contribution in [3.63, 3.8) is 0 Å². The summed E-state index contributed by atoms with van der Waals surface area (Å²) in [6.07, 6.45) is 1.81. The van der Waals surface area contributed by atoms with Crippen LogP contribution in [-0.4, -0.2) is 23.2 Å². The summed E-state index contributed by atoms with van der Waals surface area (Å²) in [5.41, 5.74) is 7.27. The van der Waals surface area contributed by atoms with Gasteiger partial charge in [0.1, 0.15) is 5.75 Å². The van der Waals surface area contributed by atoms with Crippen LogP contribution in [0.2, 0.25) is 10.0 Å². The summed E-state index contributed by atoms with van der Waals surface area (Å²) in [5, 5.41) is 10.5. The van der Waals surface area contributed by atoms with E-state index in [1.807, 2.05) is 0 Å². The molecule has 5 nitrogen and oxygen atoms in total. The summed E-state index contributed by atoms with van der Waals surface area (Å²) in [6, 6.07) is 4.65. The molecule has 2 aromatic rings. The molecule has 1 heterocycles. The molecule has 0 atom stereocenters. The summed E-state index contributed by atoms with van der Waals surface area (Å²) < 4.78 is 4.57. The Labute approximate surface area is 131 Å². The van der Waals surface area contributed by atoms with Crippen LogP contribution in [0.15, 0.2) is 24.4 Å². The minimum atomic E-state index is -0.604. The van der Waals surface area contributed by atoms with Crippen LogP contribution in [0.25, 0.3) is 0 Å². The first-order valence-electron chi connectivity index (χ1n) is 5.92. The van der Waals surface area contributed by atoms with Crippen LogP contribution < -0.4 is 5.73 Å². The Morgan fingerprint density at radius 3 is 2.71 bits per heavy atom. The molecule has 0 fully saturated rings. The molecule has 2 rings (SSSR count). The molecule has 0 aliphatic rings. The quantitative estimate of drug-likeness (QED) is 0.846. The van der Waals surface area contributed by atoms with E-state index in [0.29, 0.717) is 22.6 Å². The highest BCUT2D eigenvalue weighted by molar-refractivity contribution is 6.35. The number of carbonyl (C=O) groups excluding carboxylic acids is 1. The van der Waals surface area contributed by atoms with Crippen LogP contribution >= 0.6 is 23.2 Å². The van der Waals surface area contributed by atoms with Gasteiger partial charge in [0.2, 0.25) is 0 Å². The Morgan fingerprint density at radius 2 is 2.10 bits per heavy atom. The molecule has 0 saturated carbocycles. The maximum atomic E-state index is 11.4. The summed E-state index contributed by atoms with van der Waals surface area (Å²) in [4.78, 5) is 15.4. The van der Waals surface area contributed by atoms with Crippen molar-refractivity contribution in [3.05, 3.63) is 51.3 Å². The second-order valence-electron chi connectivity index (χ2n) is 4.35. The van der Waals surface area contributed by atoms with E-state index in [1.165, 1.54) is 19.4 Å². The predicted molar refractivity (Wildman–Crippen MR) is 80.9 cm³/mol. The Balaban J connectivity index is 2.33. The standard InChI is InChI=1S/C14H12Cl2N2O3/c1-21-14(20)12-11(17)3-7(6-18-12)2-8-4-9(15)5-10(16)13(8)19/h3-6,19H,2,17H2,1H3. The lowest BCUT2D eigenvalue weighted by Crippen LogP contribution is -2.09. The van der Waals surface area contributed by atoms with E-state index in [4.69, 9.17) is 28.9 Å². The SMILES string of the molecule is COC(=O)c1ncc(Cc2cc(Cl)cc(Cl)c2O)cc1N. The number of halogens is 2. The second-order valence-corrected chi connectivity index (χ2v) is 5.19. The molecule has 3 N–H and O–H groups in total. The highest BCUT2D eigenvalue weighted by Crippen LogP contribution is 2.32. The normalized spacial score (nSPS) is 10.4. The van der Waals surface area contributed by atoms with Gasteiger partial charge in [0, 0.05) is 23.2 Å². The van der Waals surface area contributed by atoms with Gasteiger partial charge in [0.25, 0.3) is 0 Å². The van der Waals surface area contributed by atoms with Gasteiger partial charge in [-0.25, -0.2) is 9.78 Å². The number of carbonyl (C=O) groups is 1. The number of nitrogens with zero attached hydrogens (tertiary/aromatic N) is 1. The number of aromatic hydroxyl groups is 1. The molecule has 0 amide bonds. The molecular formula is C14H12Cl2N2O3. The van der Waals surface area contributed by atoms with Gasteiger partial charge in [-0.1, -0.05) is 23.2 Å². The molecule has 1 aromatic heterocycles. The number of rotatable bonds is 3. The van der Waals surface area contributed by atoms with Crippen molar-refractivity contribution in [1.29, 1.82) is 0 Å². The molecule has 0 spiro atoms. The molecule has 0 aliphatic carbocycles. The molecular weight excluding hydrogens is 315 g/mol. The average Bonchev–Trinajstić information content (AvgIpc) is 2.43. The van der Waals surface area contributed by atoms with Crippen molar-refractivity contribution in [2.75, 3.05) is 12.8 Å². The van der Waals surface area contributed by atoms with Crippen molar-refractivity contribution in [2.45, 2.75) is 6.42 Å². The fourth-order valence-electron chi connectivity index (χ4n) is 1.87. The van der Waals surface area contributed by atoms with Crippen molar-refractivity contribution in [3.8, 4) is 5.75 Å².